The van der Waals surface area contributed by atoms with E-state index >= 15 is 0 Å². The van der Waals surface area contributed by atoms with E-state index < -0.39 is 16.0 Å². The first-order chi connectivity index (χ1) is 9.58. The molecule has 0 fully saturated rings. The van der Waals surface area contributed by atoms with Crippen LogP contribution in [0.5, 0.6) is 0 Å². The quantitative estimate of drug-likeness (QED) is 0.845. The van der Waals surface area contributed by atoms with Gasteiger partial charge in [-0.05, 0) is 36.5 Å². The highest BCUT2D eigenvalue weighted by Gasteiger charge is 2.22. The Morgan fingerprint density at radius 3 is 2.43 bits per heavy atom. The third-order valence-electron chi connectivity index (χ3n) is 3.06. The smallest absolute Gasteiger partial charge is 0.321 e. The van der Waals surface area contributed by atoms with Gasteiger partial charge in [0.1, 0.15) is 6.54 Å². The molecule has 0 aliphatic rings. The van der Waals surface area contributed by atoms with Gasteiger partial charge in [0, 0.05) is 0 Å². The second-order valence-electron chi connectivity index (χ2n) is 5.86. The summed E-state index contributed by atoms with van der Waals surface area (Å²) in [5.41, 5.74) is 1.41. The molecule has 1 aromatic rings. The average molecular weight is 313 g/mol. The molecule has 0 saturated heterocycles. The van der Waals surface area contributed by atoms with Gasteiger partial charge in [-0.15, -0.1) is 0 Å². The highest BCUT2D eigenvalue weighted by Crippen LogP contribution is 2.26. The summed E-state index contributed by atoms with van der Waals surface area (Å²) in [5.74, 6) is -0.592. The maximum atomic E-state index is 12.3. The van der Waals surface area contributed by atoms with E-state index in [0.29, 0.717) is 5.56 Å². The highest BCUT2D eigenvalue weighted by molar-refractivity contribution is 7.89. The topological polar surface area (TPSA) is 72.5 Å². The Balaban J connectivity index is 3.05. The second-order valence-corrected chi connectivity index (χ2v) is 7.60. The molecule has 0 aliphatic heterocycles. The number of hydrogen-bond acceptors (Lipinski definition) is 4. The Morgan fingerprint density at radius 1 is 1.29 bits per heavy atom. The molecule has 0 bridgehead atoms. The van der Waals surface area contributed by atoms with Crippen molar-refractivity contribution >= 4 is 16.0 Å². The molecule has 118 valence electrons. The van der Waals surface area contributed by atoms with Crippen LogP contribution in [0.25, 0.3) is 0 Å². The minimum Gasteiger partial charge on any atom is -0.465 e. The number of sulfonamides is 1. The summed E-state index contributed by atoms with van der Waals surface area (Å²) in [5, 5.41) is 0. The Morgan fingerprint density at radius 2 is 1.90 bits per heavy atom. The van der Waals surface area contributed by atoms with Gasteiger partial charge < -0.3 is 4.74 Å². The summed E-state index contributed by atoms with van der Waals surface area (Å²) < 4.78 is 31.6. The third-order valence-corrected chi connectivity index (χ3v) is 4.60. The molecule has 21 heavy (non-hydrogen) atoms. The molecule has 0 spiro atoms. The molecular weight excluding hydrogens is 290 g/mol. The Bertz CT molecular complexity index is 615. The normalized spacial score (nSPS) is 12.2. The predicted molar refractivity (Wildman–Crippen MR) is 81.7 cm³/mol. The van der Waals surface area contributed by atoms with E-state index in [1.54, 1.807) is 26.0 Å². The van der Waals surface area contributed by atoms with Gasteiger partial charge in [0.25, 0.3) is 0 Å². The lowest BCUT2D eigenvalue weighted by Gasteiger charge is -2.20. The first kappa shape index (κ1) is 17.7. The molecule has 0 amide bonds. The number of rotatable bonds is 5. The van der Waals surface area contributed by atoms with Gasteiger partial charge in [0.05, 0.1) is 11.5 Å². The summed E-state index contributed by atoms with van der Waals surface area (Å²) in [6, 6.07) is 5.35. The van der Waals surface area contributed by atoms with Gasteiger partial charge in [-0.25, -0.2) is 8.42 Å². The lowest BCUT2D eigenvalue weighted by atomic mass is 9.87. The number of carbonyl (C=O) groups is 1. The van der Waals surface area contributed by atoms with Gasteiger partial charge in [-0.2, -0.15) is 4.72 Å². The van der Waals surface area contributed by atoms with Crippen LogP contribution in [0.3, 0.4) is 0 Å². The van der Waals surface area contributed by atoms with E-state index in [-0.39, 0.29) is 23.5 Å². The van der Waals surface area contributed by atoms with Gasteiger partial charge in [-0.1, -0.05) is 32.9 Å². The van der Waals surface area contributed by atoms with E-state index in [0.717, 1.165) is 5.56 Å². The zero-order valence-corrected chi connectivity index (χ0v) is 14.0. The standard InChI is InChI=1S/C15H23NO4S/c1-6-20-14(17)10-16-21(18,19)13-9-12(15(3,4)5)8-7-11(13)2/h7-9,16H,6,10H2,1-5H3. The van der Waals surface area contributed by atoms with Crippen LogP contribution < -0.4 is 4.72 Å². The molecule has 0 atom stereocenters. The summed E-state index contributed by atoms with van der Waals surface area (Å²) in [6.07, 6.45) is 0. The molecular formula is C15H23NO4S. The molecule has 0 unspecified atom stereocenters. The fourth-order valence-corrected chi connectivity index (χ4v) is 3.04. The van der Waals surface area contributed by atoms with Gasteiger partial charge in [-0.3, -0.25) is 4.79 Å². The average Bonchev–Trinajstić information content (AvgIpc) is 2.36. The number of carbonyl (C=O) groups excluding carboxylic acids is 1. The van der Waals surface area contributed by atoms with Gasteiger partial charge in [0.2, 0.25) is 10.0 Å². The monoisotopic (exact) mass is 313 g/mol. The van der Waals surface area contributed by atoms with Crippen molar-refractivity contribution in [2.45, 2.75) is 44.9 Å². The molecule has 1 aromatic carbocycles. The van der Waals surface area contributed by atoms with Crippen molar-refractivity contribution in [3.8, 4) is 0 Å². The number of benzene rings is 1. The van der Waals surface area contributed by atoms with Crippen LogP contribution in [-0.4, -0.2) is 27.5 Å². The van der Waals surface area contributed by atoms with Crippen molar-refractivity contribution in [2.24, 2.45) is 0 Å². The first-order valence-corrected chi connectivity index (χ1v) is 8.32. The van der Waals surface area contributed by atoms with Crippen LogP contribution in [0.1, 0.15) is 38.8 Å². The Labute approximate surface area is 126 Å². The Kier molecular flexibility index (Phi) is 5.53. The molecule has 0 heterocycles. The summed E-state index contributed by atoms with van der Waals surface area (Å²) in [4.78, 5) is 11.5. The fraction of sp³-hybridized carbons (Fsp3) is 0.533. The minimum atomic E-state index is -3.74. The highest BCUT2D eigenvalue weighted by atomic mass is 32.2. The molecule has 0 radical (unpaired) electrons. The zero-order valence-electron chi connectivity index (χ0n) is 13.2. The van der Waals surface area contributed by atoms with Gasteiger partial charge >= 0.3 is 5.97 Å². The van der Waals surface area contributed by atoms with Crippen LogP contribution >= 0.6 is 0 Å². The lowest BCUT2D eigenvalue weighted by molar-refractivity contribution is -0.141. The lowest BCUT2D eigenvalue weighted by Crippen LogP contribution is -2.31. The van der Waals surface area contributed by atoms with Crippen molar-refractivity contribution in [1.82, 2.24) is 4.72 Å². The Hall–Kier alpha value is -1.40. The van der Waals surface area contributed by atoms with Crippen LogP contribution in [-0.2, 0) is 25.0 Å². The van der Waals surface area contributed by atoms with Crippen LogP contribution in [0, 0.1) is 6.92 Å². The van der Waals surface area contributed by atoms with E-state index in [9.17, 15) is 13.2 Å². The molecule has 0 aromatic heterocycles. The molecule has 0 aliphatic carbocycles. The van der Waals surface area contributed by atoms with Crippen molar-refractivity contribution < 1.29 is 17.9 Å². The van der Waals surface area contributed by atoms with E-state index in [2.05, 4.69) is 4.72 Å². The summed E-state index contributed by atoms with van der Waals surface area (Å²) >= 11 is 0. The molecule has 6 heteroatoms. The van der Waals surface area contributed by atoms with Crippen molar-refractivity contribution in [3.05, 3.63) is 29.3 Å². The van der Waals surface area contributed by atoms with Crippen molar-refractivity contribution in [2.75, 3.05) is 13.2 Å². The predicted octanol–water partition coefficient (Wildman–Crippen LogP) is 2.13. The molecule has 5 nitrogen and oxygen atoms in total. The minimum absolute atomic E-state index is 0.154. The molecule has 0 saturated carbocycles. The molecule has 1 rings (SSSR count). The largest absolute Gasteiger partial charge is 0.465 e. The number of hydrogen-bond donors (Lipinski definition) is 1. The number of nitrogens with one attached hydrogen (secondary N) is 1. The maximum Gasteiger partial charge on any atom is 0.321 e. The SMILES string of the molecule is CCOC(=O)CNS(=O)(=O)c1cc(C(C)(C)C)ccc1C. The third kappa shape index (κ3) is 4.82. The van der Waals surface area contributed by atoms with E-state index in [1.807, 2.05) is 26.8 Å². The van der Waals surface area contributed by atoms with E-state index in [1.165, 1.54) is 0 Å². The van der Waals surface area contributed by atoms with E-state index in [4.69, 9.17) is 4.74 Å². The van der Waals surface area contributed by atoms with Crippen LogP contribution in [0.2, 0.25) is 0 Å². The van der Waals surface area contributed by atoms with Crippen molar-refractivity contribution in [3.63, 3.8) is 0 Å². The summed E-state index contributed by atoms with van der Waals surface area (Å²) in [6.45, 7) is 9.30. The zero-order chi connectivity index (χ0) is 16.3. The number of esters is 1. The van der Waals surface area contributed by atoms with Crippen LogP contribution in [0.15, 0.2) is 23.1 Å². The fourth-order valence-electron chi connectivity index (χ4n) is 1.80. The second kappa shape index (κ2) is 6.58. The van der Waals surface area contributed by atoms with Crippen molar-refractivity contribution in [1.29, 1.82) is 0 Å². The van der Waals surface area contributed by atoms with Crippen LogP contribution in [0.4, 0.5) is 0 Å². The first-order valence-electron chi connectivity index (χ1n) is 6.84. The number of aryl methyl sites for hydroxylation is 1. The van der Waals surface area contributed by atoms with Gasteiger partial charge in [0.15, 0.2) is 0 Å². The maximum absolute atomic E-state index is 12.3. The summed E-state index contributed by atoms with van der Waals surface area (Å²) in [7, 11) is -3.74. The number of ether oxygens (including phenoxy) is 1. The molecule has 1 N–H and O–H groups in total.